The molecule has 6 nitrogen and oxygen atoms in total. The van der Waals surface area contributed by atoms with Gasteiger partial charge in [0, 0.05) is 6.54 Å². The highest BCUT2D eigenvalue weighted by Gasteiger charge is 2.42. The summed E-state index contributed by atoms with van der Waals surface area (Å²) in [5.74, 6) is -2.68. The van der Waals surface area contributed by atoms with E-state index >= 15 is 0 Å². The van der Waals surface area contributed by atoms with Crippen LogP contribution in [0.1, 0.15) is 12.8 Å². The number of morpholine rings is 1. The van der Waals surface area contributed by atoms with Crippen LogP contribution in [0.2, 0.25) is 0 Å². The van der Waals surface area contributed by atoms with Crippen LogP contribution in [0.3, 0.4) is 0 Å². The van der Waals surface area contributed by atoms with E-state index in [1.165, 1.54) is 0 Å². The van der Waals surface area contributed by atoms with Crippen molar-refractivity contribution in [3.63, 3.8) is 0 Å². The van der Waals surface area contributed by atoms with Crippen LogP contribution in [0.25, 0.3) is 0 Å². The number of hydrogen-bond donors (Lipinski definition) is 3. The summed E-state index contributed by atoms with van der Waals surface area (Å²) < 4.78 is 37.3. The van der Waals surface area contributed by atoms with Gasteiger partial charge in [0.05, 0.1) is 6.61 Å². The van der Waals surface area contributed by atoms with Crippen LogP contribution in [0.4, 0.5) is 13.2 Å². The van der Waals surface area contributed by atoms with Crippen molar-refractivity contribution in [3.8, 4) is 0 Å². The second-order valence-electron chi connectivity index (χ2n) is 4.15. The Bertz CT molecular complexity index is 332. The molecule has 2 saturated heterocycles. The normalized spacial score (nSPS) is 22.2. The van der Waals surface area contributed by atoms with Crippen molar-refractivity contribution in [3.05, 3.63) is 0 Å². The molecule has 0 saturated carbocycles. The Hall–Kier alpha value is -1.35. The molecule has 19 heavy (non-hydrogen) atoms. The van der Waals surface area contributed by atoms with Crippen molar-refractivity contribution < 1.29 is 32.6 Å². The number of rotatable bonds is 0. The Kier molecular flexibility index (Phi) is 5.12. The zero-order chi connectivity index (χ0) is 14.5. The van der Waals surface area contributed by atoms with E-state index in [9.17, 15) is 18.0 Å². The van der Waals surface area contributed by atoms with Crippen molar-refractivity contribution in [1.29, 1.82) is 0 Å². The fourth-order valence-corrected chi connectivity index (χ4v) is 1.84. The van der Waals surface area contributed by atoms with E-state index in [0.717, 1.165) is 25.9 Å². The number of amides is 1. The van der Waals surface area contributed by atoms with E-state index in [4.69, 9.17) is 14.6 Å². The average molecular weight is 284 g/mol. The van der Waals surface area contributed by atoms with Gasteiger partial charge in [-0.3, -0.25) is 4.79 Å². The van der Waals surface area contributed by atoms with Crippen LogP contribution in [0, 0.1) is 0 Å². The molecule has 9 heteroatoms. The van der Waals surface area contributed by atoms with Gasteiger partial charge in [-0.2, -0.15) is 13.2 Å². The standard InChI is InChI=1S/C8H14N2O2.C2HF3O2/c11-7-8(12-6-5-10-7)1-3-9-4-2-8;3-2(4,5)1(6)7/h9H,1-6H2,(H,10,11);(H,6,7). The molecular formula is C10H15F3N2O4. The SMILES string of the molecule is O=C(O)C(F)(F)F.O=C1NCCOC12CCNCC2. The number of hydrogen-bond acceptors (Lipinski definition) is 4. The molecule has 0 aromatic carbocycles. The number of alkyl halides is 3. The van der Waals surface area contributed by atoms with Crippen molar-refractivity contribution >= 4 is 11.9 Å². The highest BCUT2D eigenvalue weighted by molar-refractivity contribution is 5.85. The first-order valence-electron chi connectivity index (χ1n) is 5.71. The van der Waals surface area contributed by atoms with Crippen molar-refractivity contribution in [2.75, 3.05) is 26.2 Å². The lowest BCUT2D eigenvalue weighted by Crippen LogP contribution is -2.58. The minimum atomic E-state index is -5.08. The van der Waals surface area contributed by atoms with E-state index < -0.39 is 17.7 Å². The molecule has 2 heterocycles. The van der Waals surface area contributed by atoms with Crippen LogP contribution in [0.5, 0.6) is 0 Å². The molecule has 3 N–H and O–H groups in total. The molecule has 0 aliphatic carbocycles. The van der Waals surface area contributed by atoms with E-state index in [1.54, 1.807) is 0 Å². The molecule has 0 bridgehead atoms. The van der Waals surface area contributed by atoms with Crippen LogP contribution in [-0.2, 0) is 14.3 Å². The fraction of sp³-hybridized carbons (Fsp3) is 0.800. The van der Waals surface area contributed by atoms with Gasteiger partial charge in [0.15, 0.2) is 0 Å². The fourth-order valence-electron chi connectivity index (χ4n) is 1.84. The molecule has 0 aromatic heterocycles. The second-order valence-corrected chi connectivity index (χ2v) is 4.15. The lowest BCUT2D eigenvalue weighted by Gasteiger charge is -2.38. The smallest absolute Gasteiger partial charge is 0.475 e. The largest absolute Gasteiger partial charge is 0.490 e. The lowest BCUT2D eigenvalue weighted by molar-refractivity contribution is -0.192. The first-order chi connectivity index (χ1) is 8.78. The topological polar surface area (TPSA) is 87.7 Å². The monoisotopic (exact) mass is 284 g/mol. The predicted molar refractivity (Wildman–Crippen MR) is 57.5 cm³/mol. The number of nitrogens with one attached hydrogen (secondary N) is 2. The van der Waals surface area contributed by atoms with Crippen LogP contribution in [0.15, 0.2) is 0 Å². The van der Waals surface area contributed by atoms with E-state index in [0.29, 0.717) is 13.2 Å². The Labute approximate surface area is 107 Å². The molecule has 1 amide bonds. The first kappa shape index (κ1) is 15.7. The highest BCUT2D eigenvalue weighted by Crippen LogP contribution is 2.24. The second kappa shape index (κ2) is 6.20. The zero-order valence-electron chi connectivity index (χ0n) is 10.0. The molecule has 0 aromatic rings. The summed E-state index contributed by atoms with van der Waals surface area (Å²) in [6, 6.07) is 0. The first-order valence-corrected chi connectivity index (χ1v) is 5.71. The van der Waals surface area contributed by atoms with E-state index in [2.05, 4.69) is 10.6 Å². The van der Waals surface area contributed by atoms with Crippen LogP contribution < -0.4 is 10.6 Å². The molecule has 0 unspecified atom stereocenters. The summed E-state index contributed by atoms with van der Waals surface area (Å²) in [6.07, 6.45) is -3.47. The average Bonchev–Trinajstić information content (AvgIpc) is 2.34. The number of ether oxygens (including phenoxy) is 1. The molecule has 0 radical (unpaired) electrons. The summed E-state index contributed by atoms with van der Waals surface area (Å²) >= 11 is 0. The third-order valence-corrected chi connectivity index (χ3v) is 2.83. The molecule has 2 aliphatic rings. The lowest BCUT2D eigenvalue weighted by atomic mass is 9.90. The maximum Gasteiger partial charge on any atom is 0.490 e. The molecule has 1 spiro atoms. The van der Waals surface area contributed by atoms with Gasteiger partial charge in [0.2, 0.25) is 0 Å². The Morgan fingerprint density at radius 3 is 2.21 bits per heavy atom. The highest BCUT2D eigenvalue weighted by atomic mass is 19.4. The number of carboxylic acid groups (broad SMARTS) is 1. The van der Waals surface area contributed by atoms with Gasteiger partial charge in [-0.05, 0) is 25.9 Å². The number of aliphatic carboxylic acids is 1. The Balaban J connectivity index is 0.000000224. The quantitative estimate of drug-likeness (QED) is 0.577. The third kappa shape index (κ3) is 4.35. The van der Waals surface area contributed by atoms with Crippen LogP contribution >= 0.6 is 0 Å². The van der Waals surface area contributed by atoms with Gasteiger partial charge in [0.1, 0.15) is 5.60 Å². The number of carbonyl (C=O) groups is 2. The number of carboxylic acids is 1. The molecule has 2 fully saturated rings. The maximum atomic E-state index is 11.5. The minimum absolute atomic E-state index is 0.0789. The molecule has 2 aliphatic heterocycles. The van der Waals surface area contributed by atoms with Gasteiger partial charge < -0.3 is 20.5 Å². The minimum Gasteiger partial charge on any atom is -0.475 e. The van der Waals surface area contributed by atoms with Crippen molar-refractivity contribution in [1.82, 2.24) is 10.6 Å². The zero-order valence-corrected chi connectivity index (χ0v) is 10.0. The summed E-state index contributed by atoms with van der Waals surface area (Å²) in [5.41, 5.74) is -0.497. The molecular weight excluding hydrogens is 269 g/mol. The molecule has 2 rings (SSSR count). The van der Waals surface area contributed by atoms with Gasteiger partial charge >= 0.3 is 12.1 Å². The molecule has 110 valence electrons. The Morgan fingerprint density at radius 1 is 1.26 bits per heavy atom. The number of halogens is 3. The summed E-state index contributed by atoms with van der Waals surface area (Å²) in [4.78, 5) is 20.4. The maximum absolute atomic E-state index is 11.5. The summed E-state index contributed by atoms with van der Waals surface area (Å²) in [7, 11) is 0. The van der Waals surface area contributed by atoms with Crippen molar-refractivity contribution in [2.24, 2.45) is 0 Å². The molecule has 0 atom stereocenters. The van der Waals surface area contributed by atoms with Gasteiger partial charge in [-0.1, -0.05) is 0 Å². The number of carbonyl (C=O) groups excluding carboxylic acids is 1. The summed E-state index contributed by atoms with van der Waals surface area (Å²) in [5, 5.41) is 13.2. The van der Waals surface area contributed by atoms with Gasteiger partial charge in [-0.15, -0.1) is 0 Å². The van der Waals surface area contributed by atoms with Crippen LogP contribution in [-0.4, -0.2) is 55.0 Å². The van der Waals surface area contributed by atoms with E-state index in [-0.39, 0.29) is 5.91 Å². The predicted octanol–water partition coefficient (Wildman–Crippen LogP) is -0.112. The van der Waals surface area contributed by atoms with E-state index in [1.807, 2.05) is 0 Å². The number of piperidine rings is 1. The van der Waals surface area contributed by atoms with Gasteiger partial charge in [-0.25, -0.2) is 4.79 Å². The summed E-state index contributed by atoms with van der Waals surface area (Å²) in [6.45, 7) is 3.08. The van der Waals surface area contributed by atoms with Crippen molar-refractivity contribution in [2.45, 2.75) is 24.6 Å². The third-order valence-electron chi connectivity index (χ3n) is 2.83. The Morgan fingerprint density at radius 2 is 1.79 bits per heavy atom. The van der Waals surface area contributed by atoms with Gasteiger partial charge in [0.25, 0.3) is 5.91 Å².